The van der Waals surface area contributed by atoms with Crippen LogP contribution in [0, 0.1) is 11.8 Å². The number of benzene rings is 1. The molecule has 3 amide bonds. The number of imide groups is 1. The number of rotatable bonds is 4. The highest BCUT2D eigenvalue weighted by Crippen LogP contribution is 2.25. The summed E-state index contributed by atoms with van der Waals surface area (Å²) in [6, 6.07) is 6.83. The highest BCUT2D eigenvalue weighted by Gasteiger charge is 2.41. The smallest absolute Gasteiger partial charge is 0.232 e. The average Bonchev–Trinajstić information content (AvgIpc) is 2.61. The van der Waals surface area contributed by atoms with Gasteiger partial charge in [-0.25, -0.2) is 0 Å². The van der Waals surface area contributed by atoms with Crippen molar-refractivity contribution in [3.8, 4) is 0 Å². The predicted octanol–water partition coefficient (Wildman–Crippen LogP) is 1.24. The summed E-state index contributed by atoms with van der Waals surface area (Å²) in [4.78, 5) is 36.8. The van der Waals surface area contributed by atoms with Crippen LogP contribution < -0.4 is 11.1 Å². The van der Waals surface area contributed by atoms with Gasteiger partial charge >= 0.3 is 0 Å². The number of amides is 3. The van der Waals surface area contributed by atoms with Gasteiger partial charge in [0.2, 0.25) is 17.7 Å². The molecule has 1 aromatic rings. The van der Waals surface area contributed by atoms with Crippen LogP contribution >= 0.6 is 0 Å². The summed E-state index contributed by atoms with van der Waals surface area (Å²) in [6.45, 7) is 3.58. The van der Waals surface area contributed by atoms with E-state index < -0.39 is 0 Å². The molecule has 0 saturated carbocycles. The molecule has 0 aliphatic carbocycles. The predicted molar refractivity (Wildman–Crippen MR) is 79.1 cm³/mol. The molecule has 0 radical (unpaired) electrons. The van der Waals surface area contributed by atoms with Crippen molar-refractivity contribution in [2.75, 3.05) is 17.6 Å². The van der Waals surface area contributed by atoms with Crippen LogP contribution in [0.5, 0.6) is 0 Å². The van der Waals surface area contributed by atoms with Gasteiger partial charge in [0.25, 0.3) is 0 Å². The number of nitrogens with one attached hydrogen (secondary N) is 1. The monoisotopic (exact) mass is 289 g/mol. The largest absolute Gasteiger partial charge is 0.399 e. The van der Waals surface area contributed by atoms with Gasteiger partial charge in [-0.2, -0.15) is 0 Å². The average molecular weight is 289 g/mol. The molecular formula is C15H19N3O3. The van der Waals surface area contributed by atoms with Crippen LogP contribution in [0.3, 0.4) is 0 Å². The van der Waals surface area contributed by atoms with Crippen molar-refractivity contribution in [1.82, 2.24) is 4.90 Å². The molecular weight excluding hydrogens is 270 g/mol. The lowest BCUT2D eigenvalue weighted by Crippen LogP contribution is -2.33. The number of likely N-dealkylation sites (tertiary alicyclic amines) is 1. The summed E-state index contributed by atoms with van der Waals surface area (Å²) in [5.41, 5.74) is 6.78. The van der Waals surface area contributed by atoms with E-state index in [0.29, 0.717) is 11.4 Å². The van der Waals surface area contributed by atoms with E-state index in [-0.39, 0.29) is 42.5 Å². The Morgan fingerprint density at radius 3 is 2.43 bits per heavy atom. The Balaban J connectivity index is 1.90. The second kappa shape index (κ2) is 5.95. The molecule has 1 fully saturated rings. The van der Waals surface area contributed by atoms with Gasteiger partial charge in [-0.1, -0.05) is 19.9 Å². The number of carbonyl (C=O) groups excluding carboxylic acids is 3. The Labute approximate surface area is 123 Å². The van der Waals surface area contributed by atoms with Gasteiger partial charge in [-0.15, -0.1) is 0 Å². The molecule has 1 aliphatic heterocycles. The maximum atomic E-state index is 11.9. The van der Waals surface area contributed by atoms with Gasteiger partial charge in [0.15, 0.2) is 0 Å². The molecule has 1 aliphatic rings. The Hall–Kier alpha value is -2.37. The zero-order valence-electron chi connectivity index (χ0n) is 12.1. The van der Waals surface area contributed by atoms with Crippen LogP contribution in [0.4, 0.5) is 11.4 Å². The van der Waals surface area contributed by atoms with E-state index in [4.69, 9.17) is 5.73 Å². The first-order valence-electron chi connectivity index (χ1n) is 6.90. The topological polar surface area (TPSA) is 92.5 Å². The first kappa shape index (κ1) is 15.0. The number of hydrogen-bond donors (Lipinski definition) is 2. The van der Waals surface area contributed by atoms with Crippen LogP contribution in [-0.2, 0) is 14.4 Å². The van der Waals surface area contributed by atoms with E-state index >= 15 is 0 Å². The van der Waals surface area contributed by atoms with Crippen molar-refractivity contribution in [1.29, 1.82) is 0 Å². The number of nitrogens with zero attached hydrogens (tertiary/aromatic N) is 1. The zero-order valence-corrected chi connectivity index (χ0v) is 12.1. The Kier molecular flexibility index (Phi) is 4.26. The van der Waals surface area contributed by atoms with E-state index in [2.05, 4.69) is 5.32 Å². The first-order valence-corrected chi connectivity index (χ1v) is 6.90. The summed E-state index contributed by atoms with van der Waals surface area (Å²) in [5.74, 6) is -1.29. The highest BCUT2D eigenvalue weighted by molar-refractivity contribution is 6.05. The Morgan fingerprint density at radius 1 is 1.24 bits per heavy atom. The van der Waals surface area contributed by atoms with Crippen LogP contribution in [0.2, 0.25) is 0 Å². The molecule has 1 saturated heterocycles. The van der Waals surface area contributed by atoms with E-state index in [1.807, 2.05) is 0 Å². The summed E-state index contributed by atoms with van der Waals surface area (Å²) >= 11 is 0. The number of anilines is 2. The lowest BCUT2D eigenvalue weighted by Gasteiger charge is -2.14. The third-order valence-electron chi connectivity index (χ3n) is 3.79. The lowest BCUT2D eigenvalue weighted by atomic mass is 10.00. The lowest BCUT2D eigenvalue weighted by molar-refractivity contribution is -0.139. The van der Waals surface area contributed by atoms with Gasteiger partial charge in [0.05, 0.1) is 0 Å². The van der Waals surface area contributed by atoms with Crippen molar-refractivity contribution in [2.24, 2.45) is 11.8 Å². The number of nitrogens with two attached hydrogens (primary N) is 1. The van der Waals surface area contributed by atoms with Crippen molar-refractivity contribution >= 4 is 29.1 Å². The summed E-state index contributed by atoms with van der Waals surface area (Å²) in [6.07, 6.45) is 0.0751. The number of hydrogen-bond acceptors (Lipinski definition) is 4. The van der Waals surface area contributed by atoms with Crippen LogP contribution in [0.15, 0.2) is 24.3 Å². The van der Waals surface area contributed by atoms with E-state index in [9.17, 15) is 14.4 Å². The van der Waals surface area contributed by atoms with Crippen molar-refractivity contribution in [2.45, 2.75) is 20.3 Å². The third-order valence-corrected chi connectivity index (χ3v) is 3.79. The van der Waals surface area contributed by atoms with Crippen molar-refractivity contribution < 1.29 is 14.4 Å². The molecule has 6 heteroatoms. The molecule has 112 valence electrons. The van der Waals surface area contributed by atoms with Gasteiger partial charge in [-0.05, 0) is 18.2 Å². The van der Waals surface area contributed by atoms with E-state index in [1.54, 1.807) is 38.1 Å². The normalized spacial score (nSPS) is 21.7. The molecule has 2 atom stereocenters. The maximum Gasteiger partial charge on any atom is 0.232 e. The molecule has 0 spiro atoms. The van der Waals surface area contributed by atoms with E-state index in [1.165, 1.54) is 4.90 Å². The minimum Gasteiger partial charge on any atom is -0.399 e. The highest BCUT2D eigenvalue weighted by atomic mass is 16.2. The minimum absolute atomic E-state index is 0.0751. The van der Waals surface area contributed by atoms with Crippen LogP contribution in [-0.4, -0.2) is 29.2 Å². The molecule has 0 bridgehead atoms. The van der Waals surface area contributed by atoms with Crippen LogP contribution in [0.25, 0.3) is 0 Å². The van der Waals surface area contributed by atoms with Gasteiger partial charge in [0.1, 0.15) is 0 Å². The Bertz CT molecular complexity index is 565. The van der Waals surface area contributed by atoms with E-state index in [0.717, 1.165) is 0 Å². The second-order valence-corrected chi connectivity index (χ2v) is 5.33. The second-order valence-electron chi connectivity index (χ2n) is 5.33. The number of carbonyl (C=O) groups is 3. The fraction of sp³-hybridized carbons (Fsp3) is 0.400. The number of nitrogen functional groups attached to an aromatic ring is 1. The molecule has 3 N–H and O–H groups in total. The SMILES string of the molecule is CC1C(=O)N(CCC(=O)Nc2cccc(N)c2)C(=O)C1C. The molecule has 0 aromatic heterocycles. The minimum atomic E-state index is -0.311. The quantitative estimate of drug-likeness (QED) is 0.644. The zero-order chi connectivity index (χ0) is 15.6. The first-order chi connectivity index (χ1) is 9.90. The standard InChI is InChI=1S/C15H19N3O3/c1-9-10(2)15(21)18(14(9)20)7-6-13(19)17-12-5-3-4-11(16)8-12/h3-5,8-10H,6-7,16H2,1-2H3,(H,17,19). The van der Waals surface area contributed by atoms with Crippen molar-refractivity contribution in [3.05, 3.63) is 24.3 Å². The van der Waals surface area contributed by atoms with Crippen LogP contribution in [0.1, 0.15) is 20.3 Å². The molecule has 6 nitrogen and oxygen atoms in total. The molecule has 2 rings (SSSR count). The Morgan fingerprint density at radius 2 is 1.86 bits per heavy atom. The summed E-state index contributed by atoms with van der Waals surface area (Å²) in [7, 11) is 0. The summed E-state index contributed by atoms with van der Waals surface area (Å²) < 4.78 is 0. The van der Waals surface area contributed by atoms with Crippen molar-refractivity contribution in [3.63, 3.8) is 0 Å². The van der Waals surface area contributed by atoms with Gasteiger partial charge in [0, 0.05) is 36.2 Å². The maximum absolute atomic E-state index is 11.9. The fourth-order valence-corrected chi connectivity index (χ4v) is 2.30. The summed E-state index contributed by atoms with van der Waals surface area (Å²) in [5, 5.41) is 2.69. The molecule has 2 unspecified atom stereocenters. The fourth-order valence-electron chi connectivity index (χ4n) is 2.30. The van der Waals surface area contributed by atoms with Gasteiger partial charge in [-0.3, -0.25) is 19.3 Å². The third kappa shape index (κ3) is 3.21. The molecule has 21 heavy (non-hydrogen) atoms. The molecule has 1 heterocycles. The molecule has 1 aromatic carbocycles. The van der Waals surface area contributed by atoms with Gasteiger partial charge < -0.3 is 11.1 Å².